The molecule has 104 valence electrons. The quantitative estimate of drug-likeness (QED) is 0.853. The molecule has 3 rings (SSSR count). The molecule has 0 amide bonds. The first-order chi connectivity index (χ1) is 10.1. The monoisotopic (exact) mass is 296 g/mol. The van der Waals surface area contributed by atoms with Crippen molar-refractivity contribution in [2.75, 3.05) is 0 Å². The summed E-state index contributed by atoms with van der Waals surface area (Å²) in [4.78, 5) is 0. The largest absolute Gasteiger partial charge is 0.442 e. The molecule has 2 aromatic rings. The Labute approximate surface area is 128 Å². The predicted octanol–water partition coefficient (Wildman–Crippen LogP) is 4.29. The van der Waals surface area contributed by atoms with Crippen molar-refractivity contribution in [3.05, 3.63) is 64.2 Å². The summed E-state index contributed by atoms with van der Waals surface area (Å²) in [6.07, 6.45) is 0. The Balaban J connectivity index is 2.23. The lowest BCUT2D eigenvalue weighted by atomic mass is 9.79. The molecule has 2 atom stereocenters. The van der Waals surface area contributed by atoms with Crippen molar-refractivity contribution >= 4 is 17.5 Å². The fourth-order valence-corrected chi connectivity index (χ4v) is 2.85. The topological polar surface area (TPSA) is 56.9 Å². The molecule has 0 aliphatic carbocycles. The van der Waals surface area contributed by atoms with E-state index in [2.05, 4.69) is 6.07 Å². The summed E-state index contributed by atoms with van der Waals surface area (Å²) in [7, 11) is 0. The number of aryl methyl sites for hydroxylation is 1. The predicted molar refractivity (Wildman–Crippen MR) is 81.9 cm³/mol. The molecular formula is C17H13ClN2O. The van der Waals surface area contributed by atoms with Crippen molar-refractivity contribution < 1.29 is 4.74 Å². The van der Waals surface area contributed by atoms with Gasteiger partial charge in [0.05, 0.1) is 6.07 Å². The van der Waals surface area contributed by atoms with Gasteiger partial charge in [-0.15, -0.1) is 0 Å². The summed E-state index contributed by atoms with van der Waals surface area (Å²) in [5, 5.41) is 18.1. The van der Waals surface area contributed by atoms with E-state index in [9.17, 15) is 5.26 Å². The van der Waals surface area contributed by atoms with Crippen LogP contribution in [0.25, 0.3) is 0 Å². The van der Waals surface area contributed by atoms with Gasteiger partial charge in [0.25, 0.3) is 0 Å². The fraction of sp³-hybridized carbons (Fsp3) is 0.176. The second kappa shape index (κ2) is 5.23. The molecule has 2 aromatic carbocycles. The molecule has 3 nitrogen and oxygen atoms in total. The molecule has 1 aliphatic rings. The zero-order valence-corrected chi connectivity index (χ0v) is 12.2. The summed E-state index contributed by atoms with van der Waals surface area (Å²) >= 11 is 6.23. The van der Waals surface area contributed by atoms with Crippen LogP contribution in [0.3, 0.4) is 0 Å². The highest BCUT2D eigenvalue weighted by atomic mass is 35.5. The molecule has 2 unspecified atom stereocenters. The number of nitrogens with zero attached hydrogens (tertiary/aromatic N) is 1. The Kier molecular flexibility index (Phi) is 3.40. The lowest BCUT2D eigenvalue weighted by molar-refractivity contribution is 0.450. The molecule has 21 heavy (non-hydrogen) atoms. The van der Waals surface area contributed by atoms with Crippen molar-refractivity contribution in [3.8, 4) is 11.8 Å². The van der Waals surface area contributed by atoms with Crippen LogP contribution in [0.15, 0.2) is 42.5 Å². The Morgan fingerprint density at radius 3 is 2.62 bits per heavy atom. The van der Waals surface area contributed by atoms with E-state index in [-0.39, 0.29) is 11.8 Å². The third-order valence-electron chi connectivity index (χ3n) is 3.76. The second-order valence-electron chi connectivity index (χ2n) is 5.10. The van der Waals surface area contributed by atoms with Gasteiger partial charge in [0.1, 0.15) is 11.7 Å². The average Bonchev–Trinajstić information content (AvgIpc) is 2.49. The average molecular weight is 297 g/mol. The summed E-state index contributed by atoms with van der Waals surface area (Å²) in [6, 6.07) is 15.6. The van der Waals surface area contributed by atoms with Gasteiger partial charge in [-0.1, -0.05) is 41.9 Å². The highest BCUT2D eigenvalue weighted by Crippen LogP contribution is 2.43. The number of nitriles is 1. The maximum Gasteiger partial charge on any atom is 0.205 e. The van der Waals surface area contributed by atoms with E-state index in [1.807, 2.05) is 49.4 Å². The zero-order chi connectivity index (χ0) is 15.0. The molecule has 1 N–H and O–H groups in total. The van der Waals surface area contributed by atoms with Crippen LogP contribution >= 0.6 is 11.6 Å². The van der Waals surface area contributed by atoms with Gasteiger partial charge >= 0.3 is 0 Å². The molecule has 0 saturated carbocycles. The first-order valence-electron chi connectivity index (χ1n) is 6.62. The number of rotatable bonds is 1. The Bertz CT molecular complexity index is 749. The number of fused-ring (bicyclic) bond motifs is 1. The van der Waals surface area contributed by atoms with E-state index >= 15 is 0 Å². The van der Waals surface area contributed by atoms with Gasteiger partial charge in [0, 0.05) is 16.5 Å². The lowest BCUT2D eigenvalue weighted by Crippen LogP contribution is -2.31. The van der Waals surface area contributed by atoms with Crippen molar-refractivity contribution in [3.63, 3.8) is 0 Å². The van der Waals surface area contributed by atoms with Gasteiger partial charge < -0.3 is 4.74 Å². The minimum Gasteiger partial charge on any atom is -0.442 e. The van der Waals surface area contributed by atoms with Crippen LogP contribution in [0, 0.1) is 29.6 Å². The highest BCUT2D eigenvalue weighted by Gasteiger charge is 2.37. The van der Waals surface area contributed by atoms with E-state index in [4.69, 9.17) is 21.7 Å². The molecule has 1 aliphatic heterocycles. The molecule has 0 aromatic heterocycles. The minimum absolute atomic E-state index is 0.0134. The van der Waals surface area contributed by atoms with Crippen LogP contribution in [-0.4, -0.2) is 5.90 Å². The van der Waals surface area contributed by atoms with Gasteiger partial charge in [0.2, 0.25) is 5.90 Å². The molecule has 0 spiro atoms. The maximum absolute atomic E-state index is 9.44. The summed E-state index contributed by atoms with van der Waals surface area (Å²) in [6.45, 7) is 1.89. The number of ether oxygens (including phenoxy) is 1. The third-order valence-corrected chi connectivity index (χ3v) is 4.17. The van der Waals surface area contributed by atoms with Gasteiger partial charge in [-0.05, 0) is 30.2 Å². The molecule has 0 radical (unpaired) electrons. The van der Waals surface area contributed by atoms with Crippen molar-refractivity contribution in [2.45, 2.75) is 12.8 Å². The number of nitrogens with one attached hydrogen (secondary N) is 1. The SMILES string of the molecule is Cc1cc2c(cc1Cl)C(c1ccccc1)C(C#N)C(=N)O2. The van der Waals surface area contributed by atoms with E-state index < -0.39 is 5.92 Å². The zero-order valence-electron chi connectivity index (χ0n) is 11.4. The smallest absolute Gasteiger partial charge is 0.205 e. The molecule has 0 bridgehead atoms. The van der Waals surface area contributed by atoms with Crippen LogP contribution in [0.2, 0.25) is 5.02 Å². The molecule has 0 saturated heterocycles. The van der Waals surface area contributed by atoms with E-state index in [1.54, 1.807) is 0 Å². The van der Waals surface area contributed by atoms with Gasteiger partial charge in [-0.3, -0.25) is 5.41 Å². The van der Waals surface area contributed by atoms with Gasteiger partial charge in [-0.2, -0.15) is 5.26 Å². The number of hydrogen-bond acceptors (Lipinski definition) is 3. The van der Waals surface area contributed by atoms with Crippen molar-refractivity contribution in [1.29, 1.82) is 10.7 Å². The Morgan fingerprint density at radius 2 is 1.95 bits per heavy atom. The fourth-order valence-electron chi connectivity index (χ4n) is 2.68. The number of halogens is 1. The minimum atomic E-state index is -0.640. The number of hydrogen-bond donors (Lipinski definition) is 1. The van der Waals surface area contributed by atoms with Crippen LogP contribution in [0.5, 0.6) is 5.75 Å². The summed E-state index contributed by atoms with van der Waals surface area (Å²) < 4.78 is 5.53. The molecule has 1 heterocycles. The first kappa shape index (κ1) is 13.7. The highest BCUT2D eigenvalue weighted by molar-refractivity contribution is 6.31. The molecule has 0 fully saturated rings. The Hall–Kier alpha value is -2.31. The van der Waals surface area contributed by atoms with Crippen LogP contribution in [0.4, 0.5) is 0 Å². The van der Waals surface area contributed by atoms with Crippen molar-refractivity contribution in [1.82, 2.24) is 0 Å². The van der Waals surface area contributed by atoms with Crippen LogP contribution in [-0.2, 0) is 0 Å². The lowest BCUT2D eigenvalue weighted by Gasteiger charge is -2.30. The van der Waals surface area contributed by atoms with E-state index in [1.165, 1.54) is 0 Å². The Morgan fingerprint density at radius 1 is 1.24 bits per heavy atom. The summed E-state index contributed by atoms with van der Waals surface area (Å²) in [5.74, 6) is -0.271. The first-order valence-corrected chi connectivity index (χ1v) is 7.00. The molecular weight excluding hydrogens is 284 g/mol. The van der Waals surface area contributed by atoms with E-state index in [0.29, 0.717) is 10.8 Å². The second-order valence-corrected chi connectivity index (χ2v) is 5.51. The van der Waals surface area contributed by atoms with Crippen molar-refractivity contribution in [2.24, 2.45) is 5.92 Å². The van der Waals surface area contributed by atoms with Gasteiger partial charge in [-0.25, -0.2) is 0 Å². The van der Waals surface area contributed by atoms with Gasteiger partial charge in [0.15, 0.2) is 0 Å². The van der Waals surface area contributed by atoms with Crippen LogP contribution < -0.4 is 4.74 Å². The van der Waals surface area contributed by atoms with E-state index in [0.717, 1.165) is 16.7 Å². The number of benzene rings is 2. The third kappa shape index (κ3) is 2.28. The summed E-state index contributed by atoms with van der Waals surface area (Å²) in [5.41, 5.74) is 2.74. The molecule has 4 heteroatoms. The van der Waals surface area contributed by atoms with Crippen LogP contribution in [0.1, 0.15) is 22.6 Å². The standard InChI is InChI=1S/C17H13ClN2O/c1-10-7-15-12(8-14(10)18)16(11-5-3-2-4-6-11)13(9-19)17(20)21-15/h2-8,13,16,20H,1H3. The normalized spacial score (nSPS) is 20.3. The maximum atomic E-state index is 9.44.